The first kappa shape index (κ1) is 10.3. The van der Waals surface area contributed by atoms with Gasteiger partial charge < -0.3 is 4.90 Å². The summed E-state index contributed by atoms with van der Waals surface area (Å²) in [6.45, 7) is 8.07. The summed E-state index contributed by atoms with van der Waals surface area (Å²) in [6, 6.07) is 0. The summed E-state index contributed by atoms with van der Waals surface area (Å²) in [5.41, 5.74) is 2.49. The lowest BCUT2D eigenvalue weighted by molar-refractivity contribution is 0.484. The highest BCUT2D eigenvalue weighted by atomic mass is 15.1. The van der Waals surface area contributed by atoms with Crippen LogP contribution in [-0.2, 0) is 0 Å². The van der Waals surface area contributed by atoms with Crippen molar-refractivity contribution in [2.24, 2.45) is 0 Å². The van der Waals surface area contributed by atoms with Crippen molar-refractivity contribution in [3.63, 3.8) is 0 Å². The molecule has 0 aliphatic rings. The van der Waals surface area contributed by atoms with Crippen LogP contribution in [0.3, 0.4) is 0 Å². The van der Waals surface area contributed by atoms with Crippen LogP contribution >= 0.6 is 0 Å². The Labute approximate surface area is 70.4 Å². The van der Waals surface area contributed by atoms with Crippen LogP contribution in [0.1, 0.15) is 26.7 Å². The third kappa shape index (κ3) is 4.65. The van der Waals surface area contributed by atoms with Gasteiger partial charge in [-0.3, -0.25) is 0 Å². The van der Waals surface area contributed by atoms with Crippen molar-refractivity contribution in [1.29, 1.82) is 0 Å². The molecule has 0 unspecified atom stereocenters. The normalized spacial score (nSPS) is 11.5. The summed E-state index contributed by atoms with van der Waals surface area (Å²) in [7, 11) is 4.15. The second kappa shape index (κ2) is 5.00. The van der Waals surface area contributed by atoms with Gasteiger partial charge in [0.2, 0.25) is 0 Å². The Hall–Kier alpha value is -0.720. The molecule has 0 aromatic heterocycles. The molecule has 0 radical (unpaired) electrons. The first-order valence-electron chi connectivity index (χ1n) is 4.11. The molecule has 0 saturated heterocycles. The lowest BCUT2D eigenvalue weighted by Gasteiger charge is -2.16. The molecule has 0 amide bonds. The minimum Gasteiger partial charge on any atom is -0.381 e. The van der Waals surface area contributed by atoms with Gasteiger partial charge in [0.15, 0.2) is 0 Å². The van der Waals surface area contributed by atoms with Gasteiger partial charge in [0.05, 0.1) is 0 Å². The number of hydrogen-bond donors (Lipinski definition) is 0. The van der Waals surface area contributed by atoms with E-state index in [1.807, 2.05) is 6.92 Å². The minimum absolute atomic E-state index is 1.13. The van der Waals surface area contributed by atoms with E-state index in [-0.39, 0.29) is 0 Å². The SMILES string of the molecule is C=C(C)/C=C(\CCC)N(C)C. The van der Waals surface area contributed by atoms with Crippen LogP contribution in [0.25, 0.3) is 0 Å². The molecule has 0 aliphatic heterocycles. The molecule has 0 heterocycles. The van der Waals surface area contributed by atoms with E-state index < -0.39 is 0 Å². The summed E-state index contributed by atoms with van der Waals surface area (Å²) >= 11 is 0. The van der Waals surface area contributed by atoms with Crippen molar-refractivity contribution < 1.29 is 0 Å². The number of allylic oxidation sites excluding steroid dienone is 3. The zero-order chi connectivity index (χ0) is 8.85. The molecule has 0 N–H and O–H groups in total. The van der Waals surface area contributed by atoms with Crippen LogP contribution in [0, 0.1) is 0 Å². The van der Waals surface area contributed by atoms with Crippen LogP contribution in [0.4, 0.5) is 0 Å². The molecular weight excluding hydrogens is 134 g/mol. The van der Waals surface area contributed by atoms with Crippen LogP contribution in [0.5, 0.6) is 0 Å². The van der Waals surface area contributed by atoms with Crippen molar-refractivity contribution in [2.45, 2.75) is 26.7 Å². The van der Waals surface area contributed by atoms with E-state index in [0.717, 1.165) is 12.0 Å². The van der Waals surface area contributed by atoms with Crippen LogP contribution < -0.4 is 0 Å². The van der Waals surface area contributed by atoms with E-state index in [9.17, 15) is 0 Å². The predicted molar refractivity (Wildman–Crippen MR) is 51.5 cm³/mol. The molecule has 11 heavy (non-hydrogen) atoms. The fourth-order valence-electron chi connectivity index (χ4n) is 0.965. The molecule has 0 aromatic carbocycles. The van der Waals surface area contributed by atoms with E-state index in [0.29, 0.717) is 0 Å². The van der Waals surface area contributed by atoms with Crippen molar-refractivity contribution in [2.75, 3.05) is 14.1 Å². The number of rotatable bonds is 4. The highest BCUT2D eigenvalue weighted by Gasteiger charge is 1.96. The predicted octanol–water partition coefficient (Wildman–Crippen LogP) is 2.81. The standard InChI is InChI=1S/C10H19N/c1-6-7-10(11(4)5)8-9(2)3/h8H,2,6-7H2,1,3-5H3/b10-8+. The molecule has 0 aromatic rings. The lowest BCUT2D eigenvalue weighted by Crippen LogP contribution is -2.10. The van der Waals surface area contributed by atoms with Gasteiger partial charge in [0.1, 0.15) is 0 Å². The Morgan fingerprint density at radius 3 is 2.27 bits per heavy atom. The van der Waals surface area contributed by atoms with Crippen LogP contribution in [-0.4, -0.2) is 19.0 Å². The average molecular weight is 153 g/mol. The summed E-state index contributed by atoms with van der Waals surface area (Å²) in [6.07, 6.45) is 4.47. The molecule has 0 bridgehead atoms. The second-order valence-corrected chi connectivity index (χ2v) is 3.13. The third-order valence-corrected chi connectivity index (χ3v) is 1.49. The maximum Gasteiger partial charge on any atom is 0.0130 e. The topological polar surface area (TPSA) is 3.24 Å². The van der Waals surface area contributed by atoms with Gasteiger partial charge in [-0.05, 0) is 19.4 Å². The number of nitrogens with zero attached hydrogens (tertiary/aromatic N) is 1. The first-order chi connectivity index (χ1) is 5.07. The molecule has 0 saturated carbocycles. The van der Waals surface area contributed by atoms with Gasteiger partial charge >= 0.3 is 0 Å². The van der Waals surface area contributed by atoms with Gasteiger partial charge in [-0.25, -0.2) is 0 Å². The summed E-state index contributed by atoms with van der Waals surface area (Å²) in [5.74, 6) is 0. The van der Waals surface area contributed by atoms with Crippen molar-refractivity contribution >= 4 is 0 Å². The molecule has 64 valence electrons. The smallest absolute Gasteiger partial charge is 0.0130 e. The van der Waals surface area contributed by atoms with Crippen LogP contribution in [0.2, 0.25) is 0 Å². The number of hydrogen-bond acceptors (Lipinski definition) is 1. The van der Waals surface area contributed by atoms with E-state index >= 15 is 0 Å². The molecule has 0 spiro atoms. The van der Waals surface area contributed by atoms with Gasteiger partial charge in [0, 0.05) is 19.8 Å². The zero-order valence-electron chi connectivity index (χ0n) is 8.15. The maximum atomic E-state index is 3.86. The monoisotopic (exact) mass is 153 g/mol. The van der Waals surface area contributed by atoms with E-state index in [2.05, 4.69) is 38.6 Å². The van der Waals surface area contributed by atoms with E-state index in [1.54, 1.807) is 0 Å². The first-order valence-corrected chi connectivity index (χ1v) is 4.11. The fourth-order valence-corrected chi connectivity index (χ4v) is 0.965. The van der Waals surface area contributed by atoms with E-state index in [1.165, 1.54) is 12.1 Å². The molecular formula is C10H19N. The van der Waals surface area contributed by atoms with Crippen molar-refractivity contribution in [1.82, 2.24) is 4.90 Å². The van der Waals surface area contributed by atoms with E-state index in [4.69, 9.17) is 0 Å². The quantitative estimate of drug-likeness (QED) is 0.561. The molecule has 1 heteroatoms. The zero-order valence-corrected chi connectivity index (χ0v) is 8.15. The molecule has 1 nitrogen and oxygen atoms in total. The molecule has 0 fully saturated rings. The summed E-state index contributed by atoms with van der Waals surface area (Å²) < 4.78 is 0. The Kier molecular flexibility index (Phi) is 4.67. The fraction of sp³-hybridized carbons (Fsp3) is 0.600. The van der Waals surface area contributed by atoms with Crippen LogP contribution in [0.15, 0.2) is 23.9 Å². The van der Waals surface area contributed by atoms with Crippen molar-refractivity contribution in [3.05, 3.63) is 23.9 Å². The molecule has 0 rings (SSSR count). The highest BCUT2D eigenvalue weighted by Crippen LogP contribution is 2.09. The summed E-state index contributed by atoms with van der Waals surface area (Å²) in [4.78, 5) is 2.15. The average Bonchev–Trinajstić information content (AvgIpc) is 1.86. The third-order valence-electron chi connectivity index (χ3n) is 1.49. The maximum absolute atomic E-state index is 3.86. The molecule has 0 aliphatic carbocycles. The van der Waals surface area contributed by atoms with Gasteiger partial charge in [0.25, 0.3) is 0 Å². The lowest BCUT2D eigenvalue weighted by atomic mass is 10.2. The highest BCUT2D eigenvalue weighted by molar-refractivity contribution is 5.17. The second-order valence-electron chi connectivity index (χ2n) is 3.13. The minimum atomic E-state index is 1.13. The summed E-state index contributed by atoms with van der Waals surface area (Å²) in [5, 5.41) is 0. The Balaban J connectivity index is 4.20. The Morgan fingerprint density at radius 2 is 2.00 bits per heavy atom. The largest absolute Gasteiger partial charge is 0.381 e. The Bertz CT molecular complexity index is 154. The van der Waals surface area contributed by atoms with Crippen molar-refractivity contribution in [3.8, 4) is 0 Å². The molecule has 0 atom stereocenters. The van der Waals surface area contributed by atoms with Gasteiger partial charge in [-0.15, -0.1) is 0 Å². The Morgan fingerprint density at radius 1 is 1.45 bits per heavy atom. The van der Waals surface area contributed by atoms with Gasteiger partial charge in [-0.2, -0.15) is 0 Å². The van der Waals surface area contributed by atoms with Gasteiger partial charge in [-0.1, -0.05) is 25.5 Å².